The number of amides is 1. The van der Waals surface area contributed by atoms with Crippen LogP contribution in [-0.4, -0.2) is 31.7 Å². The van der Waals surface area contributed by atoms with Crippen molar-refractivity contribution in [2.24, 2.45) is 0 Å². The number of carbonyl (C=O) groups excluding carboxylic acids is 1. The van der Waals surface area contributed by atoms with Crippen LogP contribution in [0.3, 0.4) is 0 Å². The molecule has 0 atom stereocenters. The summed E-state index contributed by atoms with van der Waals surface area (Å²) in [7, 11) is 3.30. The molecule has 148 valence electrons. The highest BCUT2D eigenvalue weighted by Crippen LogP contribution is 2.34. The van der Waals surface area contributed by atoms with Crippen molar-refractivity contribution in [2.75, 3.05) is 31.0 Å². The summed E-state index contributed by atoms with van der Waals surface area (Å²) in [5, 5.41) is 2.88. The van der Waals surface area contributed by atoms with Gasteiger partial charge in [-0.05, 0) is 53.9 Å². The first-order valence-electron chi connectivity index (χ1n) is 9.49. The normalized spacial score (nSPS) is 12.8. The SMILES string of the molecule is COc1cc2c(cc1OC)CN(c1ccc(NC(=O)c3ccccc3)cn1)CC2. The minimum atomic E-state index is -0.145. The van der Waals surface area contributed by atoms with Crippen LogP contribution in [0.1, 0.15) is 21.5 Å². The molecule has 0 unspecified atom stereocenters. The fraction of sp³-hybridized carbons (Fsp3) is 0.217. The second-order valence-electron chi connectivity index (χ2n) is 6.87. The highest BCUT2D eigenvalue weighted by molar-refractivity contribution is 6.04. The van der Waals surface area contributed by atoms with Gasteiger partial charge in [0.15, 0.2) is 11.5 Å². The van der Waals surface area contributed by atoms with Crippen LogP contribution in [0.5, 0.6) is 11.5 Å². The molecule has 0 aliphatic carbocycles. The molecule has 4 rings (SSSR count). The third-order valence-corrected chi connectivity index (χ3v) is 5.08. The molecule has 0 saturated carbocycles. The van der Waals surface area contributed by atoms with Crippen molar-refractivity contribution in [3.05, 3.63) is 77.5 Å². The Labute approximate surface area is 170 Å². The predicted molar refractivity (Wildman–Crippen MR) is 113 cm³/mol. The summed E-state index contributed by atoms with van der Waals surface area (Å²) in [5.74, 6) is 2.23. The lowest BCUT2D eigenvalue weighted by Crippen LogP contribution is -2.31. The molecule has 0 spiro atoms. The van der Waals surface area contributed by atoms with Gasteiger partial charge >= 0.3 is 0 Å². The lowest BCUT2D eigenvalue weighted by molar-refractivity contribution is 0.102. The van der Waals surface area contributed by atoms with Crippen LogP contribution in [0, 0.1) is 0 Å². The van der Waals surface area contributed by atoms with Crippen LogP contribution in [-0.2, 0) is 13.0 Å². The minimum Gasteiger partial charge on any atom is -0.493 e. The third kappa shape index (κ3) is 4.01. The Morgan fingerprint density at radius 1 is 1.00 bits per heavy atom. The summed E-state index contributed by atoms with van der Waals surface area (Å²) < 4.78 is 10.8. The number of pyridine rings is 1. The number of ether oxygens (including phenoxy) is 2. The van der Waals surface area contributed by atoms with E-state index in [9.17, 15) is 4.79 Å². The molecule has 6 nitrogen and oxygen atoms in total. The number of aromatic nitrogens is 1. The molecule has 0 saturated heterocycles. The van der Waals surface area contributed by atoms with Crippen molar-refractivity contribution in [1.29, 1.82) is 0 Å². The molecule has 6 heteroatoms. The molecular formula is C23H23N3O3. The maximum absolute atomic E-state index is 12.3. The molecule has 3 aromatic rings. The quantitative estimate of drug-likeness (QED) is 0.717. The molecule has 1 aliphatic heterocycles. The number of anilines is 2. The van der Waals surface area contributed by atoms with Crippen molar-refractivity contribution in [1.82, 2.24) is 4.98 Å². The van der Waals surface area contributed by atoms with E-state index < -0.39 is 0 Å². The van der Waals surface area contributed by atoms with E-state index in [1.54, 1.807) is 32.5 Å². The number of rotatable bonds is 5. The zero-order chi connectivity index (χ0) is 20.2. The van der Waals surface area contributed by atoms with Crippen LogP contribution >= 0.6 is 0 Å². The van der Waals surface area contributed by atoms with Crippen LogP contribution in [0.4, 0.5) is 11.5 Å². The summed E-state index contributed by atoms with van der Waals surface area (Å²) in [6.07, 6.45) is 2.60. The average Bonchev–Trinajstić information content (AvgIpc) is 2.78. The zero-order valence-electron chi connectivity index (χ0n) is 16.5. The van der Waals surface area contributed by atoms with Gasteiger partial charge in [-0.2, -0.15) is 0 Å². The Kier molecular flexibility index (Phi) is 5.33. The summed E-state index contributed by atoms with van der Waals surface area (Å²) in [6, 6.07) is 17.0. The van der Waals surface area contributed by atoms with Crippen LogP contribution < -0.4 is 19.7 Å². The highest BCUT2D eigenvalue weighted by atomic mass is 16.5. The number of nitrogens with one attached hydrogen (secondary N) is 1. The number of carbonyl (C=O) groups is 1. The molecule has 0 fully saturated rings. The number of fused-ring (bicyclic) bond motifs is 1. The van der Waals surface area contributed by atoms with Crippen molar-refractivity contribution in [3.63, 3.8) is 0 Å². The Balaban J connectivity index is 1.47. The largest absolute Gasteiger partial charge is 0.493 e. The van der Waals surface area contributed by atoms with E-state index in [1.807, 2.05) is 36.4 Å². The lowest BCUT2D eigenvalue weighted by atomic mass is 9.99. The van der Waals surface area contributed by atoms with Crippen LogP contribution in [0.15, 0.2) is 60.8 Å². The van der Waals surface area contributed by atoms with Gasteiger partial charge < -0.3 is 19.7 Å². The summed E-state index contributed by atoms with van der Waals surface area (Å²) in [5.41, 5.74) is 3.77. The van der Waals surface area contributed by atoms with Crippen molar-refractivity contribution >= 4 is 17.4 Å². The number of nitrogens with zero attached hydrogens (tertiary/aromatic N) is 2. The van der Waals surface area contributed by atoms with Gasteiger partial charge in [0.25, 0.3) is 5.91 Å². The van der Waals surface area contributed by atoms with Gasteiger partial charge in [-0.25, -0.2) is 4.98 Å². The van der Waals surface area contributed by atoms with Gasteiger partial charge in [-0.3, -0.25) is 4.79 Å². The second-order valence-corrected chi connectivity index (χ2v) is 6.87. The summed E-state index contributed by atoms with van der Waals surface area (Å²) >= 11 is 0. The monoisotopic (exact) mass is 389 g/mol. The maximum Gasteiger partial charge on any atom is 0.255 e. The number of hydrogen-bond acceptors (Lipinski definition) is 5. The molecule has 0 bridgehead atoms. The Hall–Kier alpha value is -3.54. The van der Waals surface area contributed by atoms with E-state index in [2.05, 4.69) is 21.3 Å². The molecule has 29 heavy (non-hydrogen) atoms. The predicted octanol–water partition coefficient (Wildman–Crippen LogP) is 3.91. The van der Waals surface area contributed by atoms with Crippen molar-refractivity contribution in [2.45, 2.75) is 13.0 Å². The smallest absolute Gasteiger partial charge is 0.255 e. The molecule has 0 radical (unpaired) electrons. The van der Waals surface area contributed by atoms with Gasteiger partial charge in [0.05, 0.1) is 26.1 Å². The first kappa shape index (κ1) is 18.8. The fourth-order valence-corrected chi connectivity index (χ4v) is 3.52. The minimum absolute atomic E-state index is 0.145. The van der Waals surface area contributed by atoms with Gasteiger partial charge in [0.2, 0.25) is 0 Å². The molecule has 1 aromatic heterocycles. The molecule has 1 N–H and O–H groups in total. The summed E-state index contributed by atoms with van der Waals surface area (Å²) in [6.45, 7) is 1.61. The van der Waals surface area contributed by atoms with Crippen molar-refractivity contribution in [3.8, 4) is 11.5 Å². The standard InChI is InChI=1S/C23H23N3O3/c1-28-20-12-17-10-11-26(15-18(17)13-21(20)29-2)22-9-8-19(14-24-22)25-23(27)16-6-4-3-5-7-16/h3-9,12-14H,10-11,15H2,1-2H3,(H,25,27). The van der Waals surface area contributed by atoms with Gasteiger partial charge in [-0.15, -0.1) is 0 Å². The van der Waals surface area contributed by atoms with Crippen LogP contribution in [0.25, 0.3) is 0 Å². The average molecular weight is 389 g/mol. The van der Waals surface area contributed by atoms with Gasteiger partial charge in [-0.1, -0.05) is 18.2 Å². The number of hydrogen-bond donors (Lipinski definition) is 1. The molecule has 2 heterocycles. The van der Waals surface area contributed by atoms with E-state index in [0.717, 1.165) is 36.8 Å². The van der Waals surface area contributed by atoms with Crippen molar-refractivity contribution < 1.29 is 14.3 Å². The Morgan fingerprint density at radius 3 is 2.38 bits per heavy atom. The van der Waals surface area contributed by atoms with E-state index in [0.29, 0.717) is 11.3 Å². The zero-order valence-corrected chi connectivity index (χ0v) is 16.5. The molecule has 1 amide bonds. The Bertz CT molecular complexity index is 1000. The molecule has 2 aromatic carbocycles. The maximum atomic E-state index is 12.3. The van der Waals surface area contributed by atoms with E-state index in [4.69, 9.17) is 9.47 Å². The molecule has 1 aliphatic rings. The van der Waals surface area contributed by atoms with E-state index >= 15 is 0 Å². The topological polar surface area (TPSA) is 63.7 Å². The first-order chi connectivity index (χ1) is 14.2. The van der Waals surface area contributed by atoms with Gasteiger partial charge in [0.1, 0.15) is 5.82 Å². The van der Waals surface area contributed by atoms with Gasteiger partial charge in [0, 0.05) is 18.7 Å². The first-order valence-corrected chi connectivity index (χ1v) is 9.49. The number of benzene rings is 2. The Morgan fingerprint density at radius 2 is 1.72 bits per heavy atom. The number of methoxy groups -OCH3 is 2. The highest BCUT2D eigenvalue weighted by Gasteiger charge is 2.20. The summed E-state index contributed by atoms with van der Waals surface area (Å²) in [4.78, 5) is 19.1. The lowest BCUT2D eigenvalue weighted by Gasteiger charge is -2.30. The van der Waals surface area contributed by atoms with E-state index in [-0.39, 0.29) is 5.91 Å². The van der Waals surface area contributed by atoms with E-state index in [1.165, 1.54) is 11.1 Å². The fourth-order valence-electron chi connectivity index (χ4n) is 3.52. The third-order valence-electron chi connectivity index (χ3n) is 5.08. The second kappa shape index (κ2) is 8.22. The van der Waals surface area contributed by atoms with Crippen LogP contribution in [0.2, 0.25) is 0 Å². The molecular weight excluding hydrogens is 366 g/mol.